The van der Waals surface area contributed by atoms with E-state index in [4.69, 9.17) is 25.8 Å². The molecule has 0 aliphatic rings. The lowest BCUT2D eigenvalue weighted by Gasteiger charge is -2.12. The van der Waals surface area contributed by atoms with E-state index in [9.17, 15) is 4.79 Å². The number of hydrogen-bond acceptors (Lipinski definition) is 4. The summed E-state index contributed by atoms with van der Waals surface area (Å²) in [5, 5.41) is 0.628. The highest BCUT2D eigenvalue weighted by molar-refractivity contribution is 6.31. The Labute approximate surface area is 134 Å². The minimum Gasteiger partial charge on any atom is -0.493 e. The molecule has 22 heavy (non-hydrogen) atoms. The zero-order chi connectivity index (χ0) is 15.9. The van der Waals surface area contributed by atoms with Gasteiger partial charge in [-0.05, 0) is 31.2 Å². The van der Waals surface area contributed by atoms with Crippen molar-refractivity contribution in [1.29, 1.82) is 0 Å². The van der Waals surface area contributed by atoms with Gasteiger partial charge in [0.25, 0.3) is 0 Å². The number of hydrogen-bond donors (Lipinski definition) is 0. The van der Waals surface area contributed by atoms with Crippen LogP contribution in [-0.2, 0) is 11.3 Å². The molecule has 0 spiro atoms. The highest BCUT2D eigenvalue weighted by atomic mass is 35.5. The monoisotopic (exact) mass is 320 g/mol. The maximum atomic E-state index is 11.8. The number of halogens is 1. The van der Waals surface area contributed by atoms with E-state index in [1.165, 1.54) is 0 Å². The molecule has 4 nitrogen and oxygen atoms in total. The third kappa shape index (κ3) is 3.92. The summed E-state index contributed by atoms with van der Waals surface area (Å²) in [7, 11) is 1.54. The molecule has 0 radical (unpaired) electrons. The number of ether oxygens (including phenoxy) is 3. The summed E-state index contributed by atoms with van der Waals surface area (Å²) in [5.41, 5.74) is 1.27. The van der Waals surface area contributed by atoms with Gasteiger partial charge in [-0.1, -0.05) is 29.8 Å². The summed E-state index contributed by atoms with van der Waals surface area (Å²) < 4.78 is 16.0. The maximum absolute atomic E-state index is 11.8. The molecule has 0 saturated heterocycles. The van der Waals surface area contributed by atoms with Crippen LogP contribution in [0.2, 0.25) is 5.02 Å². The van der Waals surface area contributed by atoms with Crippen LogP contribution in [0.25, 0.3) is 0 Å². The Bertz CT molecular complexity index is 655. The summed E-state index contributed by atoms with van der Waals surface area (Å²) in [6.07, 6.45) is 0. The van der Waals surface area contributed by atoms with Gasteiger partial charge in [-0.15, -0.1) is 0 Å². The first-order valence-electron chi connectivity index (χ1n) is 6.87. The molecule has 2 rings (SSSR count). The minimum atomic E-state index is -0.396. The number of benzene rings is 2. The fourth-order valence-electron chi connectivity index (χ4n) is 1.90. The Morgan fingerprint density at radius 1 is 1.14 bits per heavy atom. The van der Waals surface area contributed by atoms with E-state index < -0.39 is 5.97 Å². The first-order valence-corrected chi connectivity index (χ1v) is 7.25. The lowest BCUT2D eigenvalue weighted by molar-refractivity contribution is 0.0525. The van der Waals surface area contributed by atoms with Gasteiger partial charge in [0, 0.05) is 10.6 Å². The van der Waals surface area contributed by atoms with Crippen LogP contribution in [0.1, 0.15) is 22.8 Å². The largest absolute Gasteiger partial charge is 0.493 e. The van der Waals surface area contributed by atoms with Gasteiger partial charge in [0.15, 0.2) is 11.5 Å². The van der Waals surface area contributed by atoms with Crippen LogP contribution < -0.4 is 9.47 Å². The fourth-order valence-corrected chi connectivity index (χ4v) is 2.09. The van der Waals surface area contributed by atoms with Crippen molar-refractivity contribution in [2.75, 3.05) is 13.7 Å². The van der Waals surface area contributed by atoms with Gasteiger partial charge in [0.2, 0.25) is 0 Å². The fraction of sp³-hybridized carbons (Fsp3) is 0.235. The third-order valence-electron chi connectivity index (χ3n) is 3.02. The van der Waals surface area contributed by atoms with E-state index in [-0.39, 0.29) is 6.61 Å². The van der Waals surface area contributed by atoms with Gasteiger partial charge in [0.1, 0.15) is 6.61 Å². The number of esters is 1. The molecular formula is C17H17ClO4. The maximum Gasteiger partial charge on any atom is 0.338 e. The molecular weight excluding hydrogens is 304 g/mol. The van der Waals surface area contributed by atoms with Crippen molar-refractivity contribution in [2.45, 2.75) is 13.5 Å². The molecule has 0 aliphatic carbocycles. The van der Waals surface area contributed by atoms with Gasteiger partial charge in [-0.25, -0.2) is 4.79 Å². The third-order valence-corrected chi connectivity index (χ3v) is 3.38. The van der Waals surface area contributed by atoms with Crippen LogP contribution in [0.5, 0.6) is 11.5 Å². The molecule has 0 fully saturated rings. The molecule has 116 valence electrons. The molecule has 0 N–H and O–H groups in total. The van der Waals surface area contributed by atoms with Gasteiger partial charge in [-0.3, -0.25) is 0 Å². The van der Waals surface area contributed by atoms with Gasteiger partial charge in [-0.2, -0.15) is 0 Å². The predicted octanol–water partition coefficient (Wildman–Crippen LogP) is 4.10. The Morgan fingerprint density at radius 3 is 2.59 bits per heavy atom. The molecule has 0 heterocycles. The van der Waals surface area contributed by atoms with Crippen molar-refractivity contribution in [3.05, 3.63) is 58.6 Å². The van der Waals surface area contributed by atoms with E-state index in [0.717, 1.165) is 5.56 Å². The van der Waals surface area contributed by atoms with Crippen molar-refractivity contribution in [2.24, 2.45) is 0 Å². The number of rotatable bonds is 6. The van der Waals surface area contributed by atoms with Crippen LogP contribution in [0, 0.1) is 0 Å². The SMILES string of the molecule is CCOC(=O)c1ccc(OC)c(OCc2ccccc2Cl)c1. The average Bonchev–Trinajstić information content (AvgIpc) is 2.54. The molecule has 0 unspecified atom stereocenters. The Balaban J connectivity index is 2.19. The molecule has 0 amide bonds. The Morgan fingerprint density at radius 2 is 1.91 bits per heavy atom. The van der Waals surface area contributed by atoms with E-state index in [2.05, 4.69) is 0 Å². The minimum absolute atomic E-state index is 0.280. The number of carbonyl (C=O) groups excluding carboxylic acids is 1. The summed E-state index contributed by atoms with van der Waals surface area (Å²) in [4.78, 5) is 11.8. The van der Waals surface area contributed by atoms with E-state index >= 15 is 0 Å². The second-order valence-electron chi connectivity index (χ2n) is 4.47. The van der Waals surface area contributed by atoms with E-state index in [0.29, 0.717) is 28.7 Å². The van der Waals surface area contributed by atoms with E-state index in [1.54, 1.807) is 38.3 Å². The summed E-state index contributed by atoms with van der Waals surface area (Å²) in [6.45, 7) is 2.36. The van der Waals surface area contributed by atoms with Gasteiger partial charge in [0.05, 0.1) is 19.3 Å². The molecule has 0 aromatic heterocycles. The predicted molar refractivity (Wildman–Crippen MR) is 84.7 cm³/mol. The normalized spacial score (nSPS) is 10.1. The zero-order valence-corrected chi connectivity index (χ0v) is 13.2. The second-order valence-corrected chi connectivity index (χ2v) is 4.87. The molecule has 0 atom stereocenters. The molecule has 5 heteroatoms. The van der Waals surface area contributed by atoms with Crippen molar-refractivity contribution >= 4 is 17.6 Å². The van der Waals surface area contributed by atoms with Crippen LogP contribution in [0.15, 0.2) is 42.5 Å². The smallest absolute Gasteiger partial charge is 0.338 e. The van der Waals surface area contributed by atoms with Crippen LogP contribution in [0.3, 0.4) is 0 Å². The van der Waals surface area contributed by atoms with Gasteiger partial charge >= 0.3 is 5.97 Å². The van der Waals surface area contributed by atoms with Crippen molar-refractivity contribution in [3.63, 3.8) is 0 Å². The lowest BCUT2D eigenvalue weighted by atomic mass is 10.2. The van der Waals surface area contributed by atoms with Crippen molar-refractivity contribution in [1.82, 2.24) is 0 Å². The number of methoxy groups -OCH3 is 1. The molecule has 2 aromatic rings. The first-order chi connectivity index (χ1) is 10.7. The topological polar surface area (TPSA) is 44.8 Å². The lowest BCUT2D eigenvalue weighted by Crippen LogP contribution is -2.06. The highest BCUT2D eigenvalue weighted by Gasteiger charge is 2.12. The van der Waals surface area contributed by atoms with Crippen molar-refractivity contribution in [3.8, 4) is 11.5 Å². The molecule has 0 bridgehead atoms. The number of carbonyl (C=O) groups is 1. The summed E-state index contributed by atoms with van der Waals surface area (Å²) in [6, 6.07) is 12.3. The van der Waals surface area contributed by atoms with Gasteiger partial charge < -0.3 is 14.2 Å². The second kappa shape index (κ2) is 7.71. The molecule has 0 aliphatic heterocycles. The average molecular weight is 321 g/mol. The summed E-state index contributed by atoms with van der Waals surface area (Å²) >= 11 is 6.10. The van der Waals surface area contributed by atoms with Crippen LogP contribution >= 0.6 is 11.6 Å². The van der Waals surface area contributed by atoms with Crippen molar-refractivity contribution < 1.29 is 19.0 Å². The molecule has 2 aromatic carbocycles. The highest BCUT2D eigenvalue weighted by Crippen LogP contribution is 2.29. The Hall–Kier alpha value is -2.20. The summed E-state index contributed by atoms with van der Waals surface area (Å²) in [5.74, 6) is 0.612. The zero-order valence-electron chi connectivity index (χ0n) is 12.5. The van der Waals surface area contributed by atoms with Crippen LogP contribution in [0.4, 0.5) is 0 Å². The van der Waals surface area contributed by atoms with E-state index in [1.807, 2.05) is 18.2 Å². The molecule has 0 saturated carbocycles. The first kappa shape index (κ1) is 16.2. The van der Waals surface area contributed by atoms with Crippen LogP contribution in [-0.4, -0.2) is 19.7 Å². The quantitative estimate of drug-likeness (QED) is 0.752. The standard InChI is InChI=1S/C17H17ClO4/c1-3-21-17(19)12-8-9-15(20-2)16(10-12)22-11-13-6-4-5-7-14(13)18/h4-10H,3,11H2,1-2H3. The Kier molecular flexibility index (Phi) is 5.67.